The average Bonchev–Trinajstić information content (AvgIpc) is 3.04. The molecular formula is C23H32N4O4. The molecule has 0 fully saturated rings. The Kier molecular flexibility index (Phi) is 5.89. The lowest BCUT2D eigenvalue weighted by atomic mass is 9.88. The van der Waals surface area contributed by atoms with Crippen LogP contribution >= 0.6 is 0 Å². The molecule has 1 aliphatic rings. The molecule has 4 rings (SSSR count). The number of hydrogen-bond donors (Lipinski definition) is 2. The lowest BCUT2D eigenvalue weighted by Crippen LogP contribution is -2.37. The Morgan fingerprint density at radius 3 is 2.48 bits per heavy atom. The molecule has 0 amide bonds. The van der Waals surface area contributed by atoms with Gasteiger partial charge in [0, 0.05) is 25.1 Å². The molecule has 8 heteroatoms. The Morgan fingerprint density at radius 1 is 1.13 bits per heavy atom. The second-order valence-corrected chi connectivity index (χ2v) is 9.25. The van der Waals surface area contributed by atoms with Gasteiger partial charge in [-0.25, -0.2) is 15.0 Å². The molecule has 0 spiro atoms. The summed E-state index contributed by atoms with van der Waals surface area (Å²) in [6.07, 6.45) is 2.92. The van der Waals surface area contributed by atoms with Crippen molar-refractivity contribution >= 4 is 28.0 Å². The van der Waals surface area contributed by atoms with E-state index in [-0.39, 0.29) is 5.60 Å². The fourth-order valence-electron chi connectivity index (χ4n) is 4.42. The zero-order chi connectivity index (χ0) is 22.3. The number of aryl methyl sites for hydroxylation is 1. The molecule has 0 radical (unpaired) electrons. The summed E-state index contributed by atoms with van der Waals surface area (Å²) in [5.74, 6) is 0.557. The van der Waals surface area contributed by atoms with E-state index in [0.717, 1.165) is 35.9 Å². The topological polar surface area (TPSA) is 105 Å². The van der Waals surface area contributed by atoms with Gasteiger partial charge < -0.3 is 24.3 Å². The molecule has 2 atom stereocenters. The van der Waals surface area contributed by atoms with E-state index in [1.807, 2.05) is 4.90 Å². The van der Waals surface area contributed by atoms with E-state index in [1.165, 1.54) is 11.9 Å². The maximum atomic E-state index is 10.00. The van der Waals surface area contributed by atoms with Crippen molar-refractivity contribution in [2.24, 2.45) is 0 Å². The third-order valence-corrected chi connectivity index (χ3v) is 5.65. The SMILES string of the molecule is CCCc1nc2oc3c(N(C[C@H](C)O)C[C@H](C)O)ncnc3c2c2c1COC(C)(C)C2. The summed E-state index contributed by atoms with van der Waals surface area (Å²) in [5.41, 5.74) is 4.86. The predicted octanol–water partition coefficient (Wildman–Crippen LogP) is 3.14. The second-order valence-electron chi connectivity index (χ2n) is 9.25. The number of hydrogen-bond acceptors (Lipinski definition) is 8. The maximum absolute atomic E-state index is 10.00. The normalized spacial score (nSPS) is 17.6. The molecule has 0 saturated heterocycles. The summed E-state index contributed by atoms with van der Waals surface area (Å²) in [5, 5.41) is 20.9. The fraction of sp³-hybridized carbons (Fsp3) is 0.609. The molecule has 2 N–H and O–H groups in total. The summed E-state index contributed by atoms with van der Waals surface area (Å²) in [6.45, 7) is 10.9. The van der Waals surface area contributed by atoms with E-state index in [2.05, 4.69) is 30.7 Å². The van der Waals surface area contributed by atoms with Crippen LogP contribution in [0.3, 0.4) is 0 Å². The van der Waals surface area contributed by atoms with Crippen molar-refractivity contribution in [1.29, 1.82) is 0 Å². The van der Waals surface area contributed by atoms with Crippen LogP contribution < -0.4 is 4.90 Å². The Morgan fingerprint density at radius 2 is 1.84 bits per heavy atom. The largest absolute Gasteiger partial charge is 0.432 e. The third kappa shape index (κ3) is 4.24. The minimum absolute atomic E-state index is 0.283. The van der Waals surface area contributed by atoms with Crippen LogP contribution in [0.25, 0.3) is 22.2 Å². The molecule has 0 unspecified atom stereocenters. The molecule has 168 valence electrons. The van der Waals surface area contributed by atoms with Gasteiger partial charge in [0.15, 0.2) is 11.4 Å². The first kappa shape index (κ1) is 21.9. The number of pyridine rings is 1. The number of anilines is 1. The minimum Gasteiger partial charge on any atom is -0.432 e. The zero-order valence-electron chi connectivity index (χ0n) is 19.0. The average molecular weight is 429 g/mol. The molecule has 0 aromatic carbocycles. The molecule has 0 bridgehead atoms. The number of aromatic nitrogens is 3. The molecule has 3 aromatic rings. The van der Waals surface area contributed by atoms with Crippen molar-refractivity contribution < 1.29 is 19.4 Å². The van der Waals surface area contributed by atoms with E-state index in [1.54, 1.807) is 13.8 Å². The van der Waals surface area contributed by atoms with Crippen molar-refractivity contribution in [3.63, 3.8) is 0 Å². The lowest BCUT2D eigenvalue weighted by Gasteiger charge is -2.33. The van der Waals surface area contributed by atoms with Crippen molar-refractivity contribution in [3.8, 4) is 0 Å². The Labute approximate surface area is 182 Å². The second kappa shape index (κ2) is 8.33. The van der Waals surface area contributed by atoms with E-state index >= 15 is 0 Å². The molecule has 0 saturated carbocycles. The van der Waals surface area contributed by atoms with E-state index in [0.29, 0.717) is 42.3 Å². The first-order valence-electron chi connectivity index (χ1n) is 11.0. The molecule has 4 heterocycles. The van der Waals surface area contributed by atoms with Gasteiger partial charge in [0.2, 0.25) is 5.71 Å². The van der Waals surface area contributed by atoms with Crippen LogP contribution in [0.1, 0.15) is 57.9 Å². The Balaban J connectivity index is 1.96. The molecule has 3 aromatic heterocycles. The highest BCUT2D eigenvalue weighted by molar-refractivity contribution is 6.06. The highest BCUT2D eigenvalue weighted by atomic mass is 16.5. The molecule has 31 heavy (non-hydrogen) atoms. The third-order valence-electron chi connectivity index (χ3n) is 5.65. The standard InChI is InChI=1S/C23H32N4O4/c1-6-7-17-16-11-30-23(4,5)8-15(16)18-19-20(31-22(18)26-17)21(25-12-24-19)27(9-13(2)28)10-14(3)29/h12-14,28-29H,6-11H2,1-5H3/t13-,14-/m0/s1. The van der Waals surface area contributed by atoms with Gasteiger partial charge in [-0.3, -0.25) is 0 Å². The smallest absolute Gasteiger partial charge is 0.229 e. The fourth-order valence-corrected chi connectivity index (χ4v) is 4.42. The summed E-state index contributed by atoms with van der Waals surface area (Å²) in [7, 11) is 0. The van der Waals surface area contributed by atoms with Crippen LogP contribution in [-0.2, 0) is 24.2 Å². The van der Waals surface area contributed by atoms with Crippen LogP contribution in [-0.4, -0.2) is 56.1 Å². The van der Waals surface area contributed by atoms with E-state index in [9.17, 15) is 10.2 Å². The summed E-state index contributed by atoms with van der Waals surface area (Å²) >= 11 is 0. The van der Waals surface area contributed by atoms with Gasteiger partial charge in [0.1, 0.15) is 11.8 Å². The number of furan rings is 1. The minimum atomic E-state index is -0.590. The molecule has 1 aliphatic heterocycles. The first-order valence-corrected chi connectivity index (χ1v) is 11.0. The summed E-state index contributed by atoms with van der Waals surface area (Å²) < 4.78 is 12.4. The van der Waals surface area contributed by atoms with Gasteiger partial charge in [-0.1, -0.05) is 13.3 Å². The monoisotopic (exact) mass is 428 g/mol. The summed E-state index contributed by atoms with van der Waals surface area (Å²) in [6, 6.07) is 0. The highest BCUT2D eigenvalue weighted by Gasteiger charge is 2.32. The van der Waals surface area contributed by atoms with Gasteiger partial charge in [-0.2, -0.15) is 0 Å². The first-order chi connectivity index (χ1) is 14.7. The van der Waals surface area contributed by atoms with Crippen molar-refractivity contribution in [3.05, 3.63) is 23.1 Å². The van der Waals surface area contributed by atoms with Gasteiger partial charge in [0.05, 0.1) is 35.5 Å². The molecule has 0 aliphatic carbocycles. The van der Waals surface area contributed by atoms with E-state index < -0.39 is 12.2 Å². The Hall–Kier alpha value is -2.29. The number of ether oxygens (including phenoxy) is 1. The van der Waals surface area contributed by atoms with Gasteiger partial charge in [0.25, 0.3) is 0 Å². The van der Waals surface area contributed by atoms with Crippen molar-refractivity contribution in [1.82, 2.24) is 15.0 Å². The van der Waals surface area contributed by atoms with Crippen molar-refractivity contribution in [2.45, 2.75) is 78.3 Å². The van der Waals surface area contributed by atoms with Gasteiger partial charge >= 0.3 is 0 Å². The van der Waals surface area contributed by atoms with Crippen LogP contribution in [0.5, 0.6) is 0 Å². The number of nitrogens with zero attached hydrogens (tertiary/aromatic N) is 4. The molecular weight excluding hydrogens is 396 g/mol. The number of rotatable bonds is 7. The molecule has 8 nitrogen and oxygen atoms in total. The quantitative estimate of drug-likeness (QED) is 0.591. The van der Waals surface area contributed by atoms with Crippen LogP contribution in [0.15, 0.2) is 10.7 Å². The van der Waals surface area contributed by atoms with Gasteiger partial charge in [-0.05, 0) is 39.7 Å². The van der Waals surface area contributed by atoms with Gasteiger partial charge in [-0.15, -0.1) is 0 Å². The maximum Gasteiger partial charge on any atom is 0.229 e. The number of aliphatic hydroxyl groups is 2. The summed E-state index contributed by atoms with van der Waals surface area (Å²) in [4.78, 5) is 15.7. The van der Waals surface area contributed by atoms with E-state index in [4.69, 9.17) is 14.1 Å². The zero-order valence-corrected chi connectivity index (χ0v) is 19.0. The Bertz CT molecular complexity index is 1080. The van der Waals surface area contributed by atoms with Crippen LogP contribution in [0.4, 0.5) is 5.82 Å². The number of aliphatic hydroxyl groups excluding tert-OH is 2. The van der Waals surface area contributed by atoms with Crippen LogP contribution in [0.2, 0.25) is 0 Å². The predicted molar refractivity (Wildman–Crippen MR) is 119 cm³/mol. The van der Waals surface area contributed by atoms with Crippen molar-refractivity contribution in [2.75, 3.05) is 18.0 Å². The van der Waals surface area contributed by atoms with Crippen LogP contribution in [0, 0.1) is 0 Å². The number of fused-ring (bicyclic) bond motifs is 5. The highest BCUT2D eigenvalue weighted by Crippen LogP contribution is 2.40. The lowest BCUT2D eigenvalue weighted by molar-refractivity contribution is -0.0401.